The van der Waals surface area contributed by atoms with Crippen molar-refractivity contribution in [3.8, 4) is 0 Å². The molecule has 0 atom stereocenters. The number of hydrogen-bond acceptors (Lipinski definition) is 0. The molecular formula is C18H18. The molecule has 2 aromatic carbocycles. The lowest BCUT2D eigenvalue weighted by atomic mass is 9.95. The molecule has 0 amide bonds. The molecule has 0 bridgehead atoms. The van der Waals surface area contributed by atoms with Gasteiger partial charge in [-0.2, -0.15) is 0 Å². The molecule has 0 heterocycles. The van der Waals surface area contributed by atoms with Gasteiger partial charge in [-0.05, 0) is 72.4 Å². The van der Waals surface area contributed by atoms with Gasteiger partial charge in [-0.15, -0.1) is 0 Å². The van der Waals surface area contributed by atoms with E-state index in [9.17, 15) is 0 Å². The smallest absolute Gasteiger partial charge is 0.0135 e. The van der Waals surface area contributed by atoms with E-state index >= 15 is 0 Å². The largest absolute Gasteiger partial charge is 0.0799 e. The van der Waals surface area contributed by atoms with E-state index in [1.165, 1.54) is 38.6 Å². The summed E-state index contributed by atoms with van der Waals surface area (Å²) < 4.78 is 0. The average molecular weight is 234 g/mol. The zero-order chi connectivity index (χ0) is 12.7. The maximum Gasteiger partial charge on any atom is -0.0135 e. The molecule has 18 heavy (non-hydrogen) atoms. The zero-order valence-electron chi connectivity index (χ0n) is 11.2. The second-order valence-electron chi connectivity index (χ2n) is 5.32. The maximum atomic E-state index is 2.34. The summed E-state index contributed by atoms with van der Waals surface area (Å²) in [5, 5.41) is 2.76. The minimum Gasteiger partial charge on any atom is -0.0799 e. The van der Waals surface area contributed by atoms with Gasteiger partial charge in [0, 0.05) is 0 Å². The summed E-state index contributed by atoms with van der Waals surface area (Å²) in [7, 11) is 0. The Bertz CT molecular complexity index is 685. The van der Waals surface area contributed by atoms with Crippen molar-refractivity contribution in [3.63, 3.8) is 0 Å². The first kappa shape index (κ1) is 11.3. The molecule has 0 heteroatoms. The van der Waals surface area contributed by atoms with Crippen LogP contribution in [0.3, 0.4) is 0 Å². The van der Waals surface area contributed by atoms with E-state index in [2.05, 4.69) is 63.3 Å². The molecule has 0 N–H and O–H groups in total. The SMILES string of the molecule is CC1=Cc2cc3c(C)ccc(C)c3cc2C=CC1. The standard InChI is InChI=1S/C18H18/c1-12-5-4-6-15-10-17-13(2)7-8-14(3)18(17)11-16(15)9-12/h4,6-11H,5H2,1-3H3. The number of fused-ring (bicyclic) bond motifs is 2. The molecular weight excluding hydrogens is 216 g/mol. The third kappa shape index (κ3) is 1.78. The van der Waals surface area contributed by atoms with Crippen LogP contribution in [0.1, 0.15) is 35.6 Å². The van der Waals surface area contributed by atoms with Gasteiger partial charge in [-0.25, -0.2) is 0 Å². The van der Waals surface area contributed by atoms with E-state index < -0.39 is 0 Å². The van der Waals surface area contributed by atoms with Crippen LogP contribution >= 0.6 is 0 Å². The maximum absolute atomic E-state index is 2.34. The van der Waals surface area contributed by atoms with Crippen LogP contribution in [0.4, 0.5) is 0 Å². The van der Waals surface area contributed by atoms with Crippen LogP contribution in [0.25, 0.3) is 22.9 Å². The highest BCUT2D eigenvalue weighted by molar-refractivity contribution is 5.93. The van der Waals surface area contributed by atoms with E-state index in [1.54, 1.807) is 0 Å². The zero-order valence-corrected chi connectivity index (χ0v) is 11.2. The number of benzene rings is 2. The first-order chi connectivity index (χ1) is 8.65. The second-order valence-corrected chi connectivity index (χ2v) is 5.32. The summed E-state index contributed by atoms with van der Waals surface area (Å²) in [6.07, 6.45) is 7.89. The fourth-order valence-electron chi connectivity index (χ4n) is 2.68. The molecule has 0 aromatic heterocycles. The molecule has 90 valence electrons. The van der Waals surface area contributed by atoms with Crippen molar-refractivity contribution in [2.75, 3.05) is 0 Å². The van der Waals surface area contributed by atoms with Crippen LogP contribution in [0.15, 0.2) is 35.9 Å². The van der Waals surface area contributed by atoms with Gasteiger partial charge < -0.3 is 0 Å². The van der Waals surface area contributed by atoms with Gasteiger partial charge in [0.15, 0.2) is 0 Å². The summed E-state index contributed by atoms with van der Waals surface area (Å²) in [5.74, 6) is 0. The van der Waals surface area contributed by atoms with Crippen molar-refractivity contribution in [2.24, 2.45) is 0 Å². The van der Waals surface area contributed by atoms with Crippen molar-refractivity contribution < 1.29 is 0 Å². The highest BCUT2D eigenvalue weighted by Gasteiger charge is 2.07. The Balaban J connectivity index is 2.39. The Morgan fingerprint density at radius 2 is 1.44 bits per heavy atom. The highest BCUT2D eigenvalue weighted by atomic mass is 14.1. The lowest BCUT2D eigenvalue weighted by Gasteiger charge is -2.10. The third-order valence-corrected chi connectivity index (χ3v) is 3.80. The Kier molecular flexibility index (Phi) is 2.59. The third-order valence-electron chi connectivity index (χ3n) is 3.80. The van der Waals surface area contributed by atoms with Crippen LogP contribution in [0.5, 0.6) is 0 Å². The van der Waals surface area contributed by atoms with Gasteiger partial charge >= 0.3 is 0 Å². The average Bonchev–Trinajstić information content (AvgIpc) is 2.52. The van der Waals surface area contributed by atoms with Gasteiger partial charge in [0.05, 0.1) is 0 Å². The normalized spacial score (nSPS) is 14.3. The van der Waals surface area contributed by atoms with Crippen molar-refractivity contribution in [1.29, 1.82) is 0 Å². The lowest BCUT2D eigenvalue weighted by Crippen LogP contribution is -1.88. The van der Waals surface area contributed by atoms with Crippen LogP contribution in [0.2, 0.25) is 0 Å². The van der Waals surface area contributed by atoms with Gasteiger partial charge in [0.25, 0.3) is 0 Å². The summed E-state index contributed by atoms with van der Waals surface area (Å²) in [4.78, 5) is 0. The summed E-state index contributed by atoms with van der Waals surface area (Å²) in [6, 6.07) is 9.10. The molecule has 0 aliphatic heterocycles. The van der Waals surface area contributed by atoms with Gasteiger partial charge in [0.1, 0.15) is 0 Å². The number of rotatable bonds is 0. The molecule has 0 saturated heterocycles. The van der Waals surface area contributed by atoms with Crippen LogP contribution < -0.4 is 0 Å². The van der Waals surface area contributed by atoms with E-state index in [-0.39, 0.29) is 0 Å². The van der Waals surface area contributed by atoms with E-state index in [1.807, 2.05) is 0 Å². The molecule has 3 rings (SSSR count). The minimum atomic E-state index is 1.06. The monoisotopic (exact) mass is 234 g/mol. The fourth-order valence-corrected chi connectivity index (χ4v) is 2.68. The topological polar surface area (TPSA) is 0 Å². The predicted molar refractivity (Wildman–Crippen MR) is 80.7 cm³/mol. The molecule has 2 aromatic rings. The van der Waals surface area contributed by atoms with E-state index in [0.717, 1.165) is 6.42 Å². The van der Waals surface area contributed by atoms with Gasteiger partial charge in [0.2, 0.25) is 0 Å². The van der Waals surface area contributed by atoms with E-state index in [4.69, 9.17) is 0 Å². The van der Waals surface area contributed by atoms with Gasteiger partial charge in [-0.3, -0.25) is 0 Å². The molecule has 0 fully saturated rings. The quantitative estimate of drug-likeness (QED) is 0.582. The lowest BCUT2D eigenvalue weighted by molar-refractivity contribution is 1.25. The molecule has 0 unspecified atom stereocenters. The predicted octanol–water partition coefficient (Wildman–Crippen LogP) is 5.28. The highest BCUT2D eigenvalue weighted by Crippen LogP contribution is 2.29. The molecule has 0 radical (unpaired) electrons. The van der Waals surface area contributed by atoms with Crippen LogP contribution in [0, 0.1) is 13.8 Å². The number of allylic oxidation sites excluding steroid dienone is 2. The Labute approximate surface area is 109 Å². The summed E-state index contributed by atoms with van der Waals surface area (Å²) in [6.45, 7) is 6.58. The van der Waals surface area contributed by atoms with Crippen LogP contribution in [-0.4, -0.2) is 0 Å². The van der Waals surface area contributed by atoms with Gasteiger partial charge in [-0.1, -0.05) is 35.9 Å². The number of aryl methyl sites for hydroxylation is 2. The second kappa shape index (κ2) is 4.13. The Morgan fingerprint density at radius 3 is 2.11 bits per heavy atom. The molecule has 1 aliphatic carbocycles. The van der Waals surface area contributed by atoms with Crippen molar-refractivity contribution >= 4 is 22.9 Å². The minimum absolute atomic E-state index is 1.06. The fraction of sp³-hybridized carbons (Fsp3) is 0.222. The number of hydrogen-bond donors (Lipinski definition) is 0. The van der Waals surface area contributed by atoms with Crippen molar-refractivity contribution in [2.45, 2.75) is 27.2 Å². The van der Waals surface area contributed by atoms with Crippen molar-refractivity contribution in [1.82, 2.24) is 0 Å². The Hall–Kier alpha value is -1.82. The Morgan fingerprint density at radius 1 is 0.833 bits per heavy atom. The molecule has 1 aliphatic rings. The van der Waals surface area contributed by atoms with Crippen molar-refractivity contribution in [3.05, 3.63) is 58.2 Å². The first-order valence-corrected chi connectivity index (χ1v) is 6.53. The molecule has 0 saturated carbocycles. The summed E-state index contributed by atoms with van der Waals surface area (Å²) >= 11 is 0. The molecule has 0 spiro atoms. The molecule has 0 nitrogen and oxygen atoms in total. The van der Waals surface area contributed by atoms with Crippen LogP contribution in [-0.2, 0) is 0 Å². The first-order valence-electron chi connectivity index (χ1n) is 6.53. The summed E-state index contributed by atoms with van der Waals surface area (Å²) in [5.41, 5.74) is 6.83. The van der Waals surface area contributed by atoms with E-state index in [0.29, 0.717) is 0 Å².